The first-order valence-corrected chi connectivity index (χ1v) is 10.3. The van der Waals surface area contributed by atoms with Crippen LogP contribution in [0, 0.1) is 11.8 Å². The van der Waals surface area contributed by atoms with Gasteiger partial charge in [-0.25, -0.2) is 4.79 Å². The predicted octanol–water partition coefficient (Wildman–Crippen LogP) is 3.11. The molecule has 3 aliphatic rings. The molecule has 5 rings (SSSR count). The van der Waals surface area contributed by atoms with Gasteiger partial charge in [-0.15, -0.1) is 0 Å². The number of carbonyl (C=O) groups excluding carboxylic acids is 1. The molecule has 10 heteroatoms. The Kier molecular flexibility index (Phi) is 5.07. The van der Waals surface area contributed by atoms with Crippen molar-refractivity contribution in [3.63, 3.8) is 0 Å². The highest BCUT2D eigenvalue weighted by molar-refractivity contribution is 5.79. The normalized spacial score (nSPS) is 24.4. The standard InChI is InChI=1S/C23H22O10/c1-27-16-4-10(5-17(28-2)21(16)29-3)18-11-6-14-15(32-9-31-14)7-12(11)20(33-23(25)26)13-8-30-22(24)19(13)18/h4-7,13,18-20H,8-9H2,1-3H3,(H,25,26)/t13-,18+,19-,20-/m0/s1. The zero-order chi connectivity index (χ0) is 23.3. The van der Waals surface area contributed by atoms with Crippen LogP contribution in [-0.4, -0.2) is 52.0 Å². The predicted molar refractivity (Wildman–Crippen MR) is 110 cm³/mol. The number of carbonyl (C=O) groups is 2. The highest BCUT2D eigenvalue weighted by atomic mass is 16.7. The van der Waals surface area contributed by atoms with Gasteiger partial charge in [-0.2, -0.15) is 0 Å². The molecule has 2 aliphatic heterocycles. The van der Waals surface area contributed by atoms with E-state index < -0.39 is 36.0 Å². The molecule has 0 unspecified atom stereocenters. The van der Waals surface area contributed by atoms with Crippen LogP contribution < -0.4 is 23.7 Å². The average Bonchev–Trinajstić information content (AvgIpc) is 3.43. The summed E-state index contributed by atoms with van der Waals surface area (Å²) in [7, 11) is 4.53. The SMILES string of the molecule is COc1cc([C@@H]2c3cc4c(cc3[C@H](OC(=O)O)[C@H]3COC(=O)[C@H]23)OCO4)cc(OC)c1OC. The summed E-state index contributed by atoms with van der Waals surface area (Å²) >= 11 is 0. The Bertz CT molecular complexity index is 1100. The summed E-state index contributed by atoms with van der Waals surface area (Å²) in [6, 6.07) is 7.05. The fourth-order valence-electron chi connectivity index (χ4n) is 5.05. The highest BCUT2D eigenvalue weighted by Crippen LogP contribution is 2.56. The van der Waals surface area contributed by atoms with Crippen molar-refractivity contribution in [3.05, 3.63) is 41.0 Å². The maximum atomic E-state index is 12.9. The summed E-state index contributed by atoms with van der Waals surface area (Å²) in [5.74, 6) is 0.128. The zero-order valence-corrected chi connectivity index (χ0v) is 18.2. The first kappa shape index (κ1) is 21.0. The van der Waals surface area contributed by atoms with E-state index in [4.69, 9.17) is 33.2 Å². The smallest absolute Gasteiger partial charge is 0.493 e. The number of benzene rings is 2. The van der Waals surface area contributed by atoms with Crippen LogP contribution in [0.5, 0.6) is 28.7 Å². The zero-order valence-electron chi connectivity index (χ0n) is 18.2. The lowest BCUT2D eigenvalue weighted by Gasteiger charge is -2.38. The monoisotopic (exact) mass is 458 g/mol. The lowest BCUT2D eigenvalue weighted by atomic mass is 9.66. The van der Waals surface area contributed by atoms with Crippen LogP contribution in [0.2, 0.25) is 0 Å². The number of hydrogen-bond donors (Lipinski definition) is 1. The van der Waals surface area contributed by atoms with E-state index in [9.17, 15) is 14.7 Å². The molecule has 0 spiro atoms. The second-order valence-corrected chi connectivity index (χ2v) is 7.89. The van der Waals surface area contributed by atoms with Gasteiger partial charge in [-0.05, 0) is 35.4 Å². The number of esters is 1. The Morgan fingerprint density at radius 1 is 0.939 bits per heavy atom. The topological polar surface area (TPSA) is 119 Å². The van der Waals surface area contributed by atoms with Crippen LogP contribution in [0.15, 0.2) is 24.3 Å². The van der Waals surface area contributed by atoms with Crippen LogP contribution in [0.3, 0.4) is 0 Å². The molecule has 1 aliphatic carbocycles. The molecular formula is C23H22O10. The summed E-state index contributed by atoms with van der Waals surface area (Å²) in [5, 5.41) is 9.40. The molecule has 1 saturated heterocycles. The summed E-state index contributed by atoms with van der Waals surface area (Å²) in [6.45, 7) is 0.0860. The third kappa shape index (κ3) is 3.24. The van der Waals surface area contributed by atoms with Crippen molar-refractivity contribution in [2.24, 2.45) is 11.8 Å². The molecule has 2 aromatic rings. The lowest BCUT2D eigenvalue weighted by molar-refractivity contribution is -0.141. The van der Waals surface area contributed by atoms with Crippen LogP contribution in [0.4, 0.5) is 4.79 Å². The Hall–Kier alpha value is -3.82. The van der Waals surface area contributed by atoms with Crippen molar-refractivity contribution < 1.29 is 47.9 Å². The van der Waals surface area contributed by atoms with Gasteiger partial charge in [0.25, 0.3) is 0 Å². The summed E-state index contributed by atoms with van der Waals surface area (Å²) in [6.07, 6.45) is -2.34. The maximum Gasteiger partial charge on any atom is 0.506 e. The number of rotatable bonds is 5. The first-order valence-electron chi connectivity index (χ1n) is 10.3. The van der Waals surface area contributed by atoms with Crippen molar-refractivity contribution in [2.75, 3.05) is 34.7 Å². The van der Waals surface area contributed by atoms with E-state index in [1.54, 1.807) is 24.3 Å². The Balaban J connectivity index is 1.75. The second-order valence-electron chi connectivity index (χ2n) is 7.89. The van der Waals surface area contributed by atoms with Gasteiger partial charge in [0.1, 0.15) is 6.10 Å². The van der Waals surface area contributed by atoms with Gasteiger partial charge >= 0.3 is 12.1 Å². The summed E-state index contributed by atoms with van der Waals surface area (Å²) in [5.41, 5.74) is 1.99. The van der Waals surface area contributed by atoms with Crippen LogP contribution in [0.25, 0.3) is 0 Å². The number of methoxy groups -OCH3 is 3. The molecule has 174 valence electrons. The molecular weight excluding hydrogens is 436 g/mol. The van der Waals surface area contributed by atoms with E-state index in [0.717, 1.165) is 0 Å². The molecule has 2 aromatic carbocycles. The number of ether oxygens (including phenoxy) is 7. The number of fused-ring (bicyclic) bond motifs is 3. The number of carboxylic acid groups (broad SMARTS) is 1. The highest BCUT2D eigenvalue weighted by Gasteiger charge is 2.54. The average molecular weight is 458 g/mol. The summed E-state index contributed by atoms with van der Waals surface area (Å²) in [4.78, 5) is 24.5. The largest absolute Gasteiger partial charge is 0.506 e. The van der Waals surface area contributed by atoms with Crippen LogP contribution in [0.1, 0.15) is 28.7 Å². The molecule has 2 heterocycles. The van der Waals surface area contributed by atoms with E-state index in [0.29, 0.717) is 45.4 Å². The van der Waals surface area contributed by atoms with Gasteiger partial charge in [0.2, 0.25) is 12.5 Å². The van der Waals surface area contributed by atoms with Crippen molar-refractivity contribution in [2.45, 2.75) is 12.0 Å². The summed E-state index contributed by atoms with van der Waals surface area (Å²) < 4.78 is 38.2. The molecule has 0 amide bonds. The van der Waals surface area contributed by atoms with Crippen molar-refractivity contribution >= 4 is 12.1 Å². The van der Waals surface area contributed by atoms with Crippen molar-refractivity contribution in [1.82, 2.24) is 0 Å². The Labute approximate surface area is 188 Å². The van der Waals surface area contributed by atoms with Crippen LogP contribution in [-0.2, 0) is 14.3 Å². The molecule has 33 heavy (non-hydrogen) atoms. The molecule has 1 N–H and O–H groups in total. The fraction of sp³-hybridized carbons (Fsp3) is 0.391. The van der Waals surface area contributed by atoms with E-state index in [1.807, 2.05) is 0 Å². The third-order valence-electron chi connectivity index (χ3n) is 6.39. The first-order chi connectivity index (χ1) is 16.0. The van der Waals surface area contributed by atoms with Crippen molar-refractivity contribution in [1.29, 1.82) is 0 Å². The van der Waals surface area contributed by atoms with E-state index in [-0.39, 0.29) is 13.4 Å². The molecule has 0 bridgehead atoms. The fourth-order valence-corrected chi connectivity index (χ4v) is 5.05. The molecule has 1 fully saturated rings. The minimum atomic E-state index is -1.44. The van der Waals surface area contributed by atoms with Gasteiger partial charge in [0.05, 0.1) is 33.9 Å². The van der Waals surface area contributed by atoms with E-state index in [1.165, 1.54) is 21.3 Å². The Morgan fingerprint density at radius 2 is 1.58 bits per heavy atom. The number of cyclic esters (lactones) is 1. The third-order valence-corrected chi connectivity index (χ3v) is 6.39. The maximum absolute atomic E-state index is 12.9. The van der Waals surface area contributed by atoms with Crippen molar-refractivity contribution in [3.8, 4) is 28.7 Å². The van der Waals surface area contributed by atoms with Gasteiger partial charge in [0, 0.05) is 17.4 Å². The van der Waals surface area contributed by atoms with Gasteiger partial charge < -0.3 is 38.3 Å². The van der Waals surface area contributed by atoms with E-state index >= 15 is 0 Å². The minimum Gasteiger partial charge on any atom is -0.493 e. The Morgan fingerprint density at radius 3 is 2.15 bits per heavy atom. The second kappa shape index (κ2) is 7.95. The minimum absolute atomic E-state index is 0.0379. The molecule has 10 nitrogen and oxygen atoms in total. The number of hydrogen-bond acceptors (Lipinski definition) is 9. The lowest BCUT2D eigenvalue weighted by Crippen LogP contribution is -2.36. The van der Waals surface area contributed by atoms with Gasteiger partial charge in [-0.1, -0.05) is 0 Å². The quantitative estimate of drug-likeness (QED) is 0.670. The molecule has 0 radical (unpaired) electrons. The molecule has 0 saturated carbocycles. The van der Waals surface area contributed by atoms with Gasteiger partial charge in [-0.3, -0.25) is 4.79 Å². The van der Waals surface area contributed by atoms with E-state index in [2.05, 4.69) is 0 Å². The molecule has 0 aromatic heterocycles. The molecule has 4 atom stereocenters. The van der Waals surface area contributed by atoms with Gasteiger partial charge in [0.15, 0.2) is 23.0 Å². The van der Waals surface area contributed by atoms with Crippen LogP contribution >= 0.6 is 0 Å².